The van der Waals surface area contributed by atoms with Gasteiger partial charge >= 0.3 is 5.97 Å². The van der Waals surface area contributed by atoms with E-state index in [1.165, 1.54) is 6.92 Å². The molecule has 2 aromatic carbocycles. The number of nitrogens with one attached hydrogen (secondary N) is 1. The Morgan fingerprint density at radius 2 is 1.66 bits per heavy atom. The summed E-state index contributed by atoms with van der Waals surface area (Å²) in [6.07, 6.45) is -1.29. The number of benzene rings is 2. The van der Waals surface area contributed by atoms with Crippen molar-refractivity contribution in [3.8, 4) is 6.07 Å². The van der Waals surface area contributed by atoms with E-state index in [9.17, 15) is 19.2 Å². The summed E-state index contributed by atoms with van der Waals surface area (Å²) in [4.78, 5) is 49.7. The number of hydrogen-bond acceptors (Lipinski definition) is 6. The van der Waals surface area contributed by atoms with Crippen molar-refractivity contribution >= 4 is 29.4 Å². The highest BCUT2D eigenvalue weighted by molar-refractivity contribution is 6.21. The van der Waals surface area contributed by atoms with Crippen molar-refractivity contribution in [2.75, 3.05) is 11.9 Å². The Bertz CT molecular complexity index is 988. The number of amides is 3. The molecule has 146 valence electrons. The molecule has 8 heteroatoms. The largest absolute Gasteiger partial charge is 0.452 e. The summed E-state index contributed by atoms with van der Waals surface area (Å²) >= 11 is 0. The molecule has 29 heavy (non-hydrogen) atoms. The minimum absolute atomic E-state index is 0.130. The normalized spacial score (nSPS) is 13.4. The number of nitriles is 1. The zero-order valence-electron chi connectivity index (χ0n) is 15.5. The maximum atomic E-state index is 12.3. The van der Waals surface area contributed by atoms with Gasteiger partial charge in [0.15, 0.2) is 6.10 Å². The second-order valence-corrected chi connectivity index (χ2v) is 6.37. The van der Waals surface area contributed by atoms with E-state index in [4.69, 9.17) is 10.00 Å². The summed E-state index contributed by atoms with van der Waals surface area (Å²) in [6, 6.07) is 14.6. The van der Waals surface area contributed by atoms with E-state index >= 15 is 0 Å². The number of ether oxygens (including phenoxy) is 1. The number of carbonyl (C=O) groups excluding carboxylic acids is 4. The molecule has 0 unspecified atom stereocenters. The van der Waals surface area contributed by atoms with E-state index in [0.717, 1.165) is 4.90 Å². The molecule has 0 saturated carbocycles. The van der Waals surface area contributed by atoms with Crippen LogP contribution in [0.15, 0.2) is 48.5 Å². The summed E-state index contributed by atoms with van der Waals surface area (Å²) in [5.41, 5.74) is 1.53. The van der Waals surface area contributed by atoms with Gasteiger partial charge in [-0.3, -0.25) is 24.1 Å². The van der Waals surface area contributed by atoms with E-state index in [1.807, 2.05) is 6.07 Å². The van der Waals surface area contributed by atoms with Crippen molar-refractivity contribution < 1.29 is 23.9 Å². The molecule has 1 atom stereocenters. The quantitative estimate of drug-likeness (QED) is 0.595. The first-order valence-corrected chi connectivity index (χ1v) is 8.86. The number of anilines is 1. The Balaban J connectivity index is 1.50. The van der Waals surface area contributed by atoms with Crippen molar-refractivity contribution in [3.63, 3.8) is 0 Å². The van der Waals surface area contributed by atoms with Gasteiger partial charge in [0.05, 0.1) is 29.2 Å². The summed E-state index contributed by atoms with van der Waals surface area (Å²) in [6.45, 7) is 1.29. The summed E-state index contributed by atoms with van der Waals surface area (Å²) in [5, 5.41) is 11.3. The van der Waals surface area contributed by atoms with Crippen LogP contribution in [0.1, 0.15) is 39.6 Å². The van der Waals surface area contributed by atoms with Gasteiger partial charge in [-0.1, -0.05) is 12.1 Å². The standard InChI is InChI=1S/C21H17N3O5/c1-13(19(26)23-15-8-6-14(12-22)7-9-15)29-18(25)10-11-24-20(27)16-4-2-3-5-17(16)21(24)28/h2-9,13H,10-11H2,1H3,(H,23,26)/t13-/m1/s1. The molecule has 0 fully saturated rings. The van der Waals surface area contributed by atoms with Crippen molar-refractivity contribution in [1.82, 2.24) is 4.90 Å². The summed E-state index contributed by atoms with van der Waals surface area (Å²) < 4.78 is 5.08. The Morgan fingerprint density at radius 3 is 2.21 bits per heavy atom. The van der Waals surface area contributed by atoms with Gasteiger partial charge in [-0.2, -0.15) is 5.26 Å². The zero-order valence-corrected chi connectivity index (χ0v) is 15.5. The Labute approximate surface area is 166 Å². The van der Waals surface area contributed by atoms with Crippen molar-refractivity contribution in [3.05, 3.63) is 65.2 Å². The van der Waals surface area contributed by atoms with Gasteiger partial charge in [0, 0.05) is 12.2 Å². The predicted octanol–water partition coefficient (Wildman–Crippen LogP) is 2.11. The molecule has 3 rings (SSSR count). The lowest BCUT2D eigenvalue weighted by atomic mass is 10.1. The molecule has 8 nitrogen and oxygen atoms in total. The van der Waals surface area contributed by atoms with E-state index in [2.05, 4.69) is 5.32 Å². The van der Waals surface area contributed by atoms with E-state index in [1.54, 1.807) is 48.5 Å². The van der Waals surface area contributed by atoms with Gasteiger partial charge in [-0.25, -0.2) is 0 Å². The number of rotatable bonds is 6. The minimum atomic E-state index is -1.07. The third-order valence-corrected chi connectivity index (χ3v) is 4.38. The fourth-order valence-electron chi connectivity index (χ4n) is 2.83. The first kappa shape index (κ1) is 19.8. The third kappa shape index (κ3) is 4.30. The lowest BCUT2D eigenvalue weighted by Crippen LogP contribution is -2.34. The highest BCUT2D eigenvalue weighted by Gasteiger charge is 2.35. The van der Waals surface area contributed by atoms with Gasteiger partial charge in [0.1, 0.15) is 0 Å². The average molecular weight is 391 g/mol. The van der Waals surface area contributed by atoms with Crippen LogP contribution in [0.2, 0.25) is 0 Å². The fourth-order valence-corrected chi connectivity index (χ4v) is 2.83. The second kappa shape index (κ2) is 8.35. The zero-order chi connectivity index (χ0) is 21.0. The molecular weight excluding hydrogens is 374 g/mol. The molecule has 0 spiro atoms. The van der Waals surface area contributed by atoms with Gasteiger partial charge in [0.25, 0.3) is 17.7 Å². The van der Waals surface area contributed by atoms with Gasteiger partial charge in [0.2, 0.25) is 0 Å². The molecular formula is C21H17N3O5. The van der Waals surface area contributed by atoms with Crippen LogP contribution in [-0.2, 0) is 14.3 Å². The van der Waals surface area contributed by atoms with Crippen molar-refractivity contribution in [2.24, 2.45) is 0 Å². The van der Waals surface area contributed by atoms with Crippen LogP contribution in [-0.4, -0.2) is 41.2 Å². The van der Waals surface area contributed by atoms with Gasteiger partial charge in [-0.15, -0.1) is 0 Å². The number of fused-ring (bicyclic) bond motifs is 1. The first-order chi connectivity index (χ1) is 13.9. The van der Waals surface area contributed by atoms with Crippen LogP contribution in [0.3, 0.4) is 0 Å². The van der Waals surface area contributed by atoms with Crippen LogP contribution in [0.4, 0.5) is 5.69 Å². The monoisotopic (exact) mass is 391 g/mol. The molecule has 2 aromatic rings. The van der Waals surface area contributed by atoms with Crippen molar-refractivity contribution in [2.45, 2.75) is 19.4 Å². The maximum Gasteiger partial charge on any atom is 0.308 e. The number of imide groups is 1. The Kier molecular flexibility index (Phi) is 5.69. The number of hydrogen-bond donors (Lipinski definition) is 1. The summed E-state index contributed by atoms with van der Waals surface area (Å²) in [7, 11) is 0. The molecule has 0 saturated heterocycles. The van der Waals surface area contributed by atoms with Crippen molar-refractivity contribution in [1.29, 1.82) is 5.26 Å². The molecule has 0 radical (unpaired) electrons. The van der Waals surface area contributed by atoms with Crippen LogP contribution >= 0.6 is 0 Å². The molecule has 0 aromatic heterocycles. The van der Waals surface area contributed by atoms with Gasteiger partial charge in [-0.05, 0) is 43.3 Å². The molecule has 1 aliphatic rings. The minimum Gasteiger partial charge on any atom is -0.452 e. The maximum absolute atomic E-state index is 12.3. The molecule has 1 N–H and O–H groups in total. The SMILES string of the molecule is C[C@@H](OC(=O)CCN1C(=O)c2ccccc2C1=O)C(=O)Nc1ccc(C#N)cc1. The molecule has 1 aliphatic heterocycles. The highest BCUT2D eigenvalue weighted by Crippen LogP contribution is 2.22. The Hall–Kier alpha value is -3.99. The lowest BCUT2D eigenvalue weighted by Gasteiger charge is -2.16. The lowest BCUT2D eigenvalue weighted by molar-refractivity contribution is -0.153. The Morgan fingerprint density at radius 1 is 1.07 bits per heavy atom. The first-order valence-electron chi connectivity index (χ1n) is 8.86. The topological polar surface area (TPSA) is 117 Å². The molecule has 1 heterocycles. The second-order valence-electron chi connectivity index (χ2n) is 6.37. The average Bonchev–Trinajstić information content (AvgIpc) is 2.97. The van der Waals surface area contributed by atoms with E-state index in [-0.39, 0.29) is 13.0 Å². The van der Waals surface area contributed by atoms with Gasteiger partial charge < -0.3 is 10.1 Å². The summed E-state index contributed by atoms with van der Waals surface area (Å²) in [5.74, 6) is -2.15. The number of esters is 1. The van der Waals surface area contributed by atoms with Crippen LogP contribution in [0, 0.1) is 11.3 Å². The van der Waals surface area contributed by atoms with E-state index < -0.39 is 29.8 Å². The smallest absolute Gasteiger partial charge is 0.308 e. The van der Waals surface area contributed by atoms with Crippen LogP contribution in [0.5, 0.6) is 0 Å². The van der Waals surface area contributed by atoms with E-state index in [0.29, 0.717) is 22.4 Å². The highest BCUT2D eigenvalue weighted by atomic mass is 16.5. The number of nitrogens with zero attached hydrogens (tertiary/aromatic N) is 2. The fraction of sp³-hybridized carbons (Fsp3) is 0.190. The van der Waals surface area contributed by atoms with Crippen LogP contribution in [0.25, 0.3) is 0 Å². The molecule has 3 amide bonds. The molecule has 0 aliphatic carbocycles. The number of carbonyl (C=O) groups is 4. The third-order valence-electron chi connectivity index (χ3n) is 4.38. The van der Waals surface area contributed by atoms with Crippen LogP contribution < -0.4 is 5.32 Å². The predicted molar refractivity (Wildman–Crippen MR) is 102 cm³/mol. The molecule has 0 bridgehead atoms.